The minimum absolute atomic E-state index is 0.449. The number of aryl methyl sites for hydroxylation is 1. The summed E-state index contributed by atoms with van der Waals surface area (Å²) in [6.07, 6.45) is 3.63. The Kier molecular flexibility index (Phi) is 3.85. The lowest BCUT2D eigenvalue weighted by Crippen LogP contribution is -2.10. The van der Waals surface area contributed by atoms with Crippen LogP contribution in [-0.2, 0) is 0 Å². The summed E-state index contributed by atoms with van der Waals surface area (Å²) < 4.78 is 7.29. The van der Waals surface area contributed by atoms with Gasteiger partial charge in [-0.25, -0.2) is 4.98 Å². The van der Waals surface area contributed by atoms with Gasteiger partial charge in [0.2, 0.25) is 5.91 Å². The molecule has 0 bridgehead atoms. The molecule has 0 aliphatic carbocycles. The van der Waals surface area contributed by atoms with E-state index in [4.69, 9.17) is 10.3 Å². The summed E-state index contributed by atoms with van der Waals surface area (Å²) in [6.45, 7) is 1.87. The van der Waals surface area contributed by atoms with Crippen molar-refractivity contribution in [3.63, 3.8) is 0 Å². The van der Waals surface area contributed by atoms with Gasteiger partial charge in [0.05, 0.1) is 17.6 Å². The summed E-state index contributed by atoms with van der Waals surface area (Å²) >= 11 is 0. The van der Waals surface area contributed by atoms with Gasteiger partial charge in [-0.2, -0.15) is 0 Å². The van der Waals surface area contributed by atoms with E-state index >= 15 is 0 Å². The van der Waals surface area contributed by atoms with Crippen molar-refractivity contribution in [3.8, 4) is 28.2 Å². The van der Waals surface area contributed by atoms with Gasteiger partial charge in [-0.15, -0.1) is 0 Å². The van der Waals surface area contributed by atoms with Gasteiger partial charge >= 0.3 is 0 Å². The van der Waals surface area contributed by atoms with E-state index in [1.165, 1.54) is 0 Å². The summed E-state index contributed by atoms with van der Waals surface area (Å²) in [5, 5.41) is 4.20. The highest BCUT2D eigenvalue weighted by molar-refractivity contribution is 5.92. The van der Waals surface area contributed by atoms with Crippen LogP contribution < -0.4 is 5.73 Å². The van der Waals surface area contributed by atoms with E-state index in [1.54, 1.807) is 18.5 Å². The van der Waals surface area contributed by atoms with Crippen LogP contribution in [-0.4, -0.2) is 20.6 Å². The number of aromatic nitrogens is 3. The molecule has 0 atom stereocenters. The van der Waals surface area contributed by atoms with Crippen molar-refractivity contribution >= 4 is 5.91 Å². The van der Waals surface area contributed by atoms with E-state index in [0.29, 0.717) is 11.3 Å². The average Bonchev–Trinajstić information content (AvgIpc) is 3.29. The number of benzene rings is 2. The Morgan fingerprint density at radius 3 is 2.50 bits per heavy atom. The number of rotatable bonds is 4. The predicted molar refractivity (Wildman–Crippen MR) is 97.8 cm³/mol. The second-order valence-electron chi connectivity index (χ2n) is 5.91. The smallest absolute Gasteiger partial charge is 0.248 e. The quantitative estimate of drug-likeness (QED) is 0.613. The summed E-state index contributed by atoms with van der Waals surface area (Å²) in [6, 6.07) is 16.9. The summed E-state index contributed by atoms with van der Waals surface area (Å²) in [5.41, 5.74) is 9.99. The third-order valence-electron chi connectivity index (χ3n) is 4.20. The van der Waals surface area contributed by atoms with Crippen LogP contribution in [0.4, 0.5) is 0 Å². The Morgan fingerprint density at radius 2 is 1.81 bits per heavy atom. The Hall–Kier alpha value is -3.67. The monoisotopic (exact) mass is 344 g/mol. The van der Waals surface area contributed by atoms with Crippen molar-refractivity contribution in [2.45, 2.75) is 6.92 Å². The van der Waals surface area contributed by atoms with Gasteiger partial charge in [-0.05, 0) is 31.2 Å². The van der Waals surface area contributed by atoms with Crippen molar-refractivity contribution in [2.24, 2.45) is 5.73 Å². The summed E-state index contributed by atoms with van der Waals surface area (Å²) in [7, 11) is 0. The minimum atomic E-state index is -0.449. The molecule has 1 amide bonds. The molecule has 6 heteroatoms. The normalized spacial score (nSPS) is 10.8. The van der Waals surface area contributed by atoms with Gasteiger partial charge in [-0.1, -0.05) is 35.5 Å². The van der Waals surface area contributed by atoms with E-state index < -0.39 is 5.91 Å². The van der Waals surface area contributed by atoms with E-state index in [2.05, 4.69) is 10.1 Å². The number of amides is 1. The lowest BCUT2D eigenvalue weighted by atomic mass is 10.0. The first-order valence-electron chi connectivity index (χ1n) is 8.10. The van der Waals surface area contributed by atoms with Crippen LogP contribution in [0.5, 0.6) is 0 Å². The largest absolute Gasteiger partial charge is 0.366 e. The SMILES string of the molecule is Cc1onc(-c2ccccc2)c1-c1cn(-c2ccc(C(N)=O)cc2)cn1. The van der Waals surface area contributed by atoms with Gasteiger partial charge in [0, 0.05) is 23.0 Å². The highest BCUT2D eigenvalue weighted by atomic mass is 16.5. The molecule has 4 aromatic rings. The first-order chi connectivity index (χ1) is 12.6. The van der Waals surface area contributed by atoms with Gasteiger partial charge in [0.15, 0.2) is 0 Å². The van der Waals surface area contributed by atoms with Crippen LogP contribution in [0.1, 0.15) is 16.1 Å². The molecule has 2 heterocycles. The van der Waals surface area contributed by atoms with E-state index in [9.17, 15) is 4.79 Å². The topological polar surface area (TPSA) is 86.9 Å². The molecule has 6 nitrogen and oxygen atoms in total. The Bertz CT molecular complexity index is 1060. The molecule has 0 saturated carbocycles. The van der Waals surface area contributed by atoms with Crippen LogP contribution in [0.2, 0.25) is 0 Å². The van der Waals surface area contributed by atoms with Crippen LogP contribution in [0.15, 0.2) is 71.6 Å². The predicted octanol–water partition coefficient (Wildman–Crippen LogP) is 3.60. The van der Waals surface area contributed by atoms with Gasteiger partial charge in [0.1, 0.15) is 11.5 Å². The number of hydrogen-bond donors (Lipinski definition) is 1. The summed E-state index contributed by atoms with van der Waals surface area (Å²) in [5.74, 6) is 0.258. The van der Waals surface area contributed by atoms with Gasteiger partial charge in [-0.3, -0.25) is 4.79 Å². The molecular weight excluding hydrogens is 328 g/mol. The molecule has 4 rings (SSSR count). The average molecular weight is 344 g/mol. The van der Waals surface area contributed by atoms with Gasteiger partial charge < -0.3 is 14.8 Å². The Balaban J connectivity index is 1.73. The number of carbonyl (C=O) groups is 1. The number of carbonyl (C=O) groups excluding carboxylic acids is 1. The number of nitrogens with two attached hydrogens (primary N) is 1. The maximum Gasteiger partial charge on any atom is 0.248 e. The molecule has 0 spiro atoms. The Morgan fingerprint density at radius 1 is 1.08 bits per heavy atom. The maximum absolute atomic E-state index is 11.2. The second kappa shape index (κ2) is 6.33. The molecular formula is C20H16N4O2. The third-order valence-corrected chi connectivity index (χ3v) is 4.20. The van der Waals surface area contributed by atoms with Crippen molar-refractivity contribution < 1.29 is 9.32 Å². The number of hydrogen-bond acceptors (Lipinski definition) is 4. The van der Waals surface area contributed by atoms with E-state index in [-0.39, 0.29) is 0 Å². The number of primary amides is 1. The van der Waals surface area contributed by atoms with Crippen molar-refractivity contribution in [1.29, 1.82) is 0 Å². The second-order valence-corrected chi connectivity index (χ2v) is 5.91. The van der Waals surface area contributed by atoms with Crippen LogP contribution in [0.3, 0.4) is 0 Å². The molecule has 0 aliphatic rings. The molecule has 128 valence electrons. The molecule has 26 heavy (non-hydrogen) atoms. The maximum atomic E-state index is 11.2. The number of nitrogens with zero attached hydrogens (tertiary/aromatic N) is 3. The van der Waals surface area contributed by atoms with Crippen molar-refractivity contribution in [1.82, 2.24) is 14.7 Å². The van der Waals surface area contributed by atoms with Crippen LogP contribution in [0.25, 0.3) is 28.2 Å². The fourth-order valence-corrected chi connectivity index (χ4v) is 2.86. The Labute approximate surface area is 149 Å². The molecule has 2 aromatic carbocycles. The molecule has 0 aliphatic heterocycles. The minimum Gasteiger partial charge on any atom is -0.366 e. The zero-order chi connectivity index (χ0) is 18.1. The number of imidazole rings is 1. The van der Waals surface area contributed by atoms with Crippen LogP contribution in [0, 0.1) is 6.92 Å². The van der Waals surface area contributed by atoms with E-state index in [1.807, 2.05) is 60.2 Å². The third kappa shape index (κ3) is 2.77. The zero-order valence-corrected chi connectivity index (χ0v) is 14.1. The molecule has 0 saturated heterocycles. The van der Waals surface area contributed by atoms with Gasteiger partial charge in [0.25, 0.3) is 0 Å². The molecule has 0 fully saturated rings. The molecule has 2 aromatic heterocycles. The van der Waals surface area contributed by atoms with Crippen LogP contribution >= 0.6 is 0 Å². The van der Waals surface area contributed by atoms with Crippen molar-refractivity contribution in [3.05, 3.63) is 78.4 Å². The molecule has 0 radical (unpaired) electrons. The van der Waals surface area contributed by atoms with E-state index in [0.717, 1.165) is 28.2 Å². The molecule has 2 N–H and O–H groups in total. The lowest BCUT2D eigenvalue weighted by Gasteiger charge is -2.03. The zero-order valence-electron chi connectivity index (χ0n) is 14.1. The summed E-state index contributed by atoms with van der Waals surface area (Å²) in [4.78, 5) is 15.7. The first-order valence-corrected chi connectivity index (χ1v) is 8.10. The molecule has 0 unspecified atom stereocenters. The first kappa shape index (κ1) is 15.8. The lowest BCUT2D eigenvalue weighted by molar-refractivity contribution is 0.100. The fraction of sp³-hybridized carbons (Fsp3) is 0.0500. The fourth-order valence-electron chi connectivity index (χ4n) is 2.86. The van der Waals surface area contributed by atoms with Crippen molar-refractivity contribution in [2.75, 3.05) is 0 Å². The highest BCUT2D eigenvalue weighted by Gasteiger charge is 2.18. The highest BCUT2D eigenvalue weighted by Crippen LogP contribution is 2.33. The standard InChI is InChI=1S/C20H16N4O2/c1-13-18(19(23-26-13)14-5-3-2-4-6-14)17-11-24(12-22-17)16-9-7-15(8-10-16)20(21)25/h2-12H,1H3,(H2,21,25).